The molecule has 0 spiro atoms. The van der Waals surface area contributed by atoms with Gasteiger partial charge in [0.05, 0.1) is 0 Å². The van der Waals surface area contributed by atoms with Crippen LogP contribution in [-0.4, -0.2) is 0 Å². The molecule has 0 aromatic heterocycles. The van der Waals surface area contributed by atoms with Crippen LogP contribution < -0.4 is 13.6 Å². The van der Waals surface area contributed by atoms with Gasteiger partial charge in [-0.25, -0.2) is 0 Å². The molecule has 9 aromatic carbocycles. The molecule has 9 rings (SSSR count). The summed E-state index contributed by atoms with van der Waals surface area (Å²) >= 11 is 0. The molecular formula is C60H51O3P. The van der Waals surface area contributed by atoms with Gasteiger partial charge in [-0.2, -0.15) is 0 Å². The van der Waals surface area contributed by atoms with Gasteiger partial charge in [0.1, 0.15) is 17.2 Å². The minimum Gasteiger partial charge on any atom is -0.408 e. The van der Waals surface area contributed by atoms with Crippen LogP contribution in [0.4, 0.5) is 0 Å². The van der Waals surface area contributed by atoms with Gasteiger partial charge in [0, 0.05) is 19.3 Å². The van der Waals surface area contributed by atoms with Crippen molar-refractivity contribution in [1.29, 1.82) is 0 Å². The smallest absolute Gasteiger partial charge is 0.408 e. The highest BCUT2D eigenvalue weighted by molar-refractivity contribution is 7.43. The average Bonchev–Trinajstić information content (AvgIpc) is 3.33. The molecule has 314 valence electrons. The molecule has 0 N–H and O–H groups in total. The van der Waals surface area contributed by atoms with Crippen LogP contribution >= 0.6 is 8.60 Å². The molecule has 0 aliphatic rings. The number of benzene rings is 9. The first-order valence-electron chi connectivity index (χ1n) is 22.1. The Morgan fingerprint density at radius 1 is 0.219 bits per heavy atom. The molecule has 0 aliphatic heterocycles. The molecule has 3 nitrogen and oxygen atoms in total. The topological polar surface area (TPSA) is 27.7 Å². The largest absolute Gasteiger partial charge is 0.530 e. The van der Waals surface area contributed by atoms with E-state index < -0.39 is 8.60 Å². The Bertz CT molecular complexity index is 2520. The summed E-state index contributed by atoms with van der Waals surface area (Å²) in [6.07, 6.45) is 4.41. The Hall–Kier alpha value is -7.19. The lowest BCUT2D eigenvalue weighted by atomic mass is 9.99. The zero-order chi connectivity index (χ0) is 43.2. The second-order valence-corrected chi connectivity index (χ2v) is 17.3. The van der Waals surface area contributed by atoms with Crippen LogP contribution in [-0.2, 0) is 38.5 Å². The standard InChI is InChI=1S/C60H51O3P/c1-7-19-46(20-8-1)37-52-31-34-55(40-49-25-13-4-14-26-49)58(43-52)61-64(62-59-44-53(38-47-21-9-2-10-22-47)32-35-56(59)41-50-27-15-5-16-28-50)63-60-45-54(39-48-23-11-3-12-24-48)33-36-57(60)42-51-29-17-6-18-30-51/h1-36,43-45H,37-42H2. The van der Waals surface area contributed by atoms with Gasteiger partial charge in [-0.3, -0.25) is 0 Å². The summed E-state index contributed by atoms with van der Waals surface area (Å²) in [4.78, 5) is 0. The molecule has 9 aromatic rings. The summed E-state index contributed by atoms with van der Waals surface area (Å²) in [6.45, 7) is 0. The Morgan fingerprint density at radius 3 is 0.672 bits per heavy atom. The summed E-state index contributed by atoms with van der Waals surface area (Å²) in [6, 6.07) is 83.3. The normalized spacial score (nSPS) is 11.0. The van der Waals surface area contributed by atoms with E-state index in [4.69, 9.17) is 13.6 Å². The van der Waals surface area contributed by atoms with Crippen LogP contribution in [0.5, 0.6) is 17.2 Å². The van der Waals surface area contributed by atoms with Crippen molar-refractivity contribution in [3.05, 3.63) is 303 Å². The average molecular weight is 851 g/mol. The highest BCUT2D eigenvalue weighted by Gasteiger charge is 2.26. The van der Waals surface area contributed by atoms with E-state index in [1.165, 1.54) is 33.4 Å². The zero-order valence-electron chi connectivity index (χ0n) is 35.9. The van der Waals surface area contributed by atoms with Crippen molar-refractivity contribution < 1.29 is 13.6 Å². The van der Waals surface area contributed by atoms with E-state index in [9.17, 15) is 0 Å². The SMILES string of the molecule is c1ccc(Cc2ccc(Cc3ccccc3)c(OP(Oc3cc(Cc4ccccc4)ccc3Cc3ccccc3)Oc3cc(Cc4ccccc4)ccc3Cc3ccccc3)c2)cc1. The van der Waals surface area contributed by atoms with Gasteiger partial charge >= 0.3 is 8.60 Å². The minimum absolute atomic E-state index is 0.697. The van der Waals surface area contributed by atoms with Crippen LogP contribution in [0.25, 0.3) is 0 Å². The Kier molecular flexibility index (Phi) is 14.0. The second kappa shape index (κ2) is 21.3. The van der Waals surface area contributed by atoms with Crippen LogP contribution in [0.3, 0.4) is 0 Å². The molecule has 64 heavy (non-hydrogen) atoms. The van der Waals surface area contributed by atoms with E-state index in [-0.39, 0.29) is 0 Å². The number of hydrogen-bond acceptors (Lipinski definition) is 3. The van der Waals surface area contributed by atoms with Crippen molar-refractivity contribution in [2.24, 2.45) is 0 Å². The lowest BCUT2D eigenvalue weighted by molar-refractivity contribution is 0.383. The van der Waals surface area contributed by atoms with E-state index >= 15 is 0 Å². The lowest BCUT2D eigenvalue weighted by Gasteiger charge is -2.23. The first kappa shape index (κ1) is 42.1. The van der Waals surface area contributed by atoms with Crippen molar-refractivity contribution in [2.45, 2.75) is 38.5 Å². The summed E-state index contributed by atoms with van der Waals surface area (Å²) in [7, 11) is -2.08. The van der Waals surface area contributed by atoms with Crippen molar-refractivity contribution >= 4 is 8.60 Å². The third kappa shape index (κ3) is 11.8. The van der Waals surface area contributed by atoms with E-state index in [1.807, 2.05) is 0 Å². The van der Waals surface area contributed by atoms with Crippen molar-refractivity contribution in [2.75, 3.05) is 0 Å². The molecule has 0 fully saturated rings. The first-order chi connectivity index (χ1) is 31.6. The molecule has 0 unspecified atom stereocenters. The third-order valence-electron chi connectivity index (χ3n) is 11.4. The fraction of sp³-hybridized carbons (Fsp3) is 0.100. The highest BCUT2D eigenvalue weighted by Crippen LogP contribution is 2.47. The predicted octanol–water partition coefficient (Wildman–Crippen LogP) is 15.0. The van der Waals surface area contributed by atoms with Gasteiger partial charge in [0.15, 0.2) is 0 Å². The van der Waals surface area contributed by atoms with Gasteiger partial charge in [0.25, 0.3) is 0 Å². The fourth-order valence-corrected chi connectivity index (χ4v) is 9.16. The maximum Gasteiger partial charge on any atom is 0.530 e. The van der Waals surface area contributed by atoms with Gasteiger partial charge in [-0.1, -0.05) is 218 Å². The van der Waals surface area contributed by atoms with Crippen LogP contribution in [0.2, 0.25) is 0 Å². The van der Waals surface area contributed by atoms with Crippen molar-refractivity contribution in [3.8, 4) is 17.2 Å². The summed E-state index contributed by atoms with van der Waals surface area (Å²) in [5.74, 6) is 2.25. The summed E-state index contributed by atoms with van der Waals surface area (Å²) in [5.41, 5.74) is 14.0. The molecule has 0 heterocycles. The van der Waals surface area contributed by atoms with Crippen LogP contribution in [0.1, 0.15) is 66.8 Å². The monoisotopic (exact) mass is 850 g/mol. The van der Waals surface area contributed by atoms with Crippen LogP contribution in [0.15, 0.2) is 237 Å². The molecule has 0 atom stereocenters. The molecule has 0 saturated carbocycles. The Labute approximate surface area is 379 Å². The van der Waals surface area contributed by atoms with Gasteiger partial charge < -0.3 is 13.6 Å². The zero-order valence-corrected chi connectivity index (χ0v) is 36.8. The van der Waals surface area contributed by atoms with Gasteiger partial charge in [-0.15, -0.1) is 0 Å². The molecule has 0 saturated heterocycles. The molecule has 0 bridgehead atoms. The predicted molar refractivity (Wildman–Crippen MR) is 264 cm³/mol. The molecule has 0 radical (unpaired) electrons. The molecule has 0 aliphatic carbocycles. The van der Waals surface area contributed by atoms with E-state index in [0.717, 1.165) is 69.9 Å². The Balaban J connectivity index is 1.15. The van der Waals surface area contributed by atoms with Gasteiger partial charge in [-0.05, 0) is 104 Å². The Morgan fingerprint density at radius 2 is 0.438 bits per heavy atom. The minimum atomic E-state index is -2.08. The second-order valence-electron chi connectivity index (χ2n) is 16.3. The van der Waals surface area contributed by atoms with Crippen LogP contribution in [0, 0.1) is 0 Å². The quantitative estimate of drug-likeness (QED) is 0.0805. The fourth-order valence-electron chi connectivity index (χ4n) is 8.06. The van der Waals surface area contributed by atoms with Crippen molar-refractivity contribution in [3.63, 3.8) is 0 Å². The molecule has 0 amide bonds. The van der Waals surface area contributed by atoms with E-state index in [1.54, 1.807) is 0 Å². The number of rotatable bonds is 18. The molecular weight excluding hydrogens is 800 g/mol. The summed E-state index contributed by atoms with van der Waals surface area (Å²) in [5, 5.41) is 0. The van der Waals surface area contributed by atoms with Crippen molar-refractivity contribution in [1.82, 2.24) is 0 Å². The highest BCUT2D eigenvalue weighted by atomic mass is 31.2. The maximum atomic E-state index is 7.25. The lowest BCUT2D eigenvalue weighted by Crippen LogP contribution is -2.08. The number of hydrogen-bond donors (Lipinski definition) is 0. The summed E-state index contributed by atoms with van der Waals surface area (Å²) < 4.78 is 21.8. The third-order valence-corrected chi connectivity index (χ3v) is 12.4. The first-order valence-corrected chi connectivity index (χ1v) is 23.2. The maximum absolute atomic E-state index is 7.25. The van der Waals surface area contributed by atoms with E-state index in [2.05, 4.69) is 237 Å². The van der Waals surface area contributed by atoms with Gasteiger partial charge in [0.2, 0.25) is 0 Å². The van der Waals surface area contributed by atoms with E-state index in [0.29, 0.717) is 19.3 Å². The molecule has 4 heteroatoms.